The van der Waals surface area contributed by atoms with Crippen molar-refractivity contribution in [2.24, 2.45) is 11.8 Å². The second kappa shape index (κ2) is 10.7. The number of carbonyl (C=O) groups excluding carboxylic acids is 2. The van der Waals surface area contributed by atoms with Gasteiger partial charge >= 0.3 is 0 Å². The van der Waals surface area contributed by atoms with Crippen LogP contribution in [0.4, 0.5) is 20.2 Å². The number of benzene rings is 2. The van der Waals surface area contributed by atoms with Gasteiger partial charge in [0.05, 0.1) is 17.0 Å². The highest BCUT2D eigenvalue weighted by Crippen LogP contribution is 2.33. The first-order chi connectivity index (χ1) is 19.7. The van der Waals surface area contributed by atoms with Crippen LogP contribution in [0.15, 0.2) is 54.9 Å². The van der Waals surface area contributed by atoms with Crippen molar-refractivity contribution in [2.75, 3.05) is 28.5 Å². The first kappa shape index (κ1) is 27.1. The molecule has 8 nitrogen and oxygen atoms in total. The Kier molecular flexibility index (Phi) is 7.06. The second-order valence-electron chi connectivity index (χ2n) is 10.8. The Morgan fingerprint density at radius 3 is 2.46 bits per heavy atom. The average Bonchev–Trinajstić information content (AvgIpc) is 3.68. The maximum absolute atomic E-state index is 15.4. The second-order valence-corrected chi connectivity index (χ2v) is 12.5. The zero-order chi connectivity index (χ0) is 28.7. The number of ketones is 1. The summed E-state index contributed by atoms with van der Waals surface area (Å²) in [6, 6.07) is 11.5. The highest BCUT2D eigenvalue weighted by atomic mass is 32.2. The SMILES string of the molecule is O=CC1CCN(c2ccc(-c3cnc4[nH]cc(C(=O)c5c(F)ccc(NS(=O)(=O)CC6CC6)c5F)c4c3)cc2)CC1. The van der Waals surface area contributed by atoms with E-state index in [1.54, 1.807) is 12.3 Å². The lowest BCUT2D eigenvalue weighted by Crippen LogP contribution is -2.33. The van der Waals surface area contributed by atoms with E-state index in [1.807, 2.05) is 24.3 Å². The van der Waals surface area contributed by atoms with Gasteiger partial charge in [0.15, 0.2) is 5.82 Å². The normalized spacial score (nSPS) is 16.2. The molecule has 1 aliphatic heterocycles. The third-order valence-corrected chi connectivity index (χ3v) is 9.25. The van der Waals surface area contributed by atoms with Crippen LogP contribution in [-0.4, -0.2) is 49.3 Å². The average molecular weight is 579 g/mol. The fourth-order valence-corrected chi connectivity index (χ4v) is 6.82. The van der Waals surface area contributed by atoms with Crippen LogP contribution in [0.5, 0.6) is 0 Å². The van der Waals surface area contributed by atoms with Gasteiger partial charge in [-0.05, 0) is 67.5 Å². The lowest BCUT2D eigenvalue weighted by molar-refractivity contribution is -0.111. The Bertz CT molecular complexity index is 1740. The van der Waals surface area contributed by atoms with Gasteiger partial charge in [0, 0.05) is 53.6 Å². The maximum atomic E-state index is 15.4. The minimum atomic E-state index is -3.85. The van der Waals surface area contributed by atoms with E-state index < -0.39 is 38.7 Å². The van der Waals surface area contributed by atoms with Crippen molar-refractivity contribution >= 4 is 44.5 Å². The molecule has 2 aromatic carbocycles. The fourth-order valence-electron chi connectivity index (χ4n) is 5.29. The Hall–Kier alpha value is -4.12. The molecule has 2 aliphatic rings. The van der Waals surface area contributed by atoms with Crippen LogP contribution in [0.1, 0.15) is 41.6 Å². The van der Waals surface area contributed by atoms with Crippen molar-refractivity contribution in [2.45, 2.75) is 25.7 Å². The number of nitrogens with zero attached hydrogens (tertiary/aromatic N) is 2. The van der Waals surface area contributed by atoms with Gasteiger partial charge in [-0.1, -0.05) is 12.1 Å². The molecule has 0 amide bonds. The van der Waals surface area contributed by atoms with E-state index in [2.05, 4.69) is 19.6 Å². The van der Waals surface area contributed by atoms with Crippen LogP contribution in [0.2, 0.25) is 0 Å². The van der Waals surface area contributed by atoms with E-state index >= 15 is 4.39 Å². The minimum Gasteiger partial charge on any atom is -0.371 e. The van der Waals surface area contributed by atoms with Gasteiger partial charge in [0.1, 0.15) is 17.8 Å². The molecule has 11 heteroatoms. The van der Waals surface area contributed by atoms with E-state index in [-0.39, 0.29) is 23.2 Å². The molecule has 0 spiro atoms. The molecule has 3 heterocycles. The first-order valence-corrected chi connectivity index (χ1v) is 15.2. The monoisotopic (exact) mass is 578 g/mol. The Labute approximate surface area is 235 Å². The third-order valence-electron chi connectivity index (χ3n) is 7.81. The number of pyridine rings is 1. The molecule has 1 saturated carbocycles. The molecule has 6 rings (SSSR count). The van der Waals surface area contributed by atoms with Crippen molar-refractivity contribution in [1.82, 2.24) is 9.97 Å². The number of hydrogen-bond acceptors (Lipinski definition) is 6. The lowest BCUT2D eigenvalue weighted by atomic mass is 9.97. The maximum Gasteiger partial charge on any atom is 0.233 e. The number of aldehydes is 1. The molecule has 2 N–H and O–H groups in total. The number of halogens is 2. The number of fused-ring (bicyclic) bond motifs is 1. The summed E-state index contributed by atoms with van der Waals surface area (Å²) >= 11 is 0. The van der Waals surface area contributed by atoms with Crippen LogP contribution in [0.3, 0.4) is 0 Å². The molecule has 1 saturated heterocycles. The highest BCUT2D eigenvalue weighted by Gasteiger charge is 2.30. The number of hydrogen-bond donors (Lipinski definition) is 2. The smallest absolute Gasteiger partial charge is 0.233 e. The van der Waals surface area contributed by atoms with Gasteiger partial charge in [-0.25, -0.2) is 22.2 Å². The Balaban J connectivity index is 1.27. The standard InChI is InChI=1S/C30H28F2N4O4S/c31-25-7-8-26(35-41(39,40)17-19-1-2-19)28(32)27(25)29(38)24-15-34-30-23(24)13-21(14-33-30)20-3-5-22(6-4-20)36-11-9-18(16-37)10-12-36/h3-8,13-16,18-19,35H,1-2,9-12,17H2,(H,33,34). The number of piperidine rings is 1. The van der Waals surface area contributed by atoms with Crippen molar-refractivity contribution in [3.05, 3.63) is 77.6 Å². The summed E-state index contributed by atoms with van der Waals surface area (Å²) in [5.41, 5.74) is 1.67. The molecule has 2 fully saturated rings. The van der Waals surface area contributed by atoms with Crippen LogP contribution in [0, 0.1) is 23.5 Å². The zero-order valence-corrected chi connectivity index (χ0v) is 22.9. The van der Waals surface area contributed by atoms with Gasteiger partial charge in [-0.3, -0.25) is 9.52 Å². The first-order valence-electron chi connectivity index (χ1n) is 13.5. The molecule has 1 aliphatic carbocycles. The molecular formula is C30H28F2N4O4S. The number of aromatic amines is 1. The molecule has 212 valence electrons. The van der Waals surface area contributed by atoms with Crippen molar-refractivity contribution in [3.63, 3.8) is 0 Å². The summed E-state index contributed by atoms with van der Waals surface area (Å²) < 4.78 is 57.2. The van der Waals surface area contributed by atoms with Crippen LogP contribution >= 0.6 is 0 Å². The van der Waals surface area contributed by atoms with Gasteiger partial charge in [-0.2, -0.15) is 0 Å². The summed E-state index contributed by atoms with van der Waals surface area (Å²) in [6.45, 7) is 1.61. The molecule has 0 bridgehead atoms. The van der Waals surface area contributed by atoms with Crippen LogP contribution < -0.4 is 9.62 Å². The summed E-state index contributed by atoms with van der Waals surface area (Å²) in [6.07, 6.45) is 7.25. The van der Waals surface area contributed by atoms with E-state index in [9.17, 15) is 22.4 Å². The van der Waals surface area contributed by atoms with Crippen molar-refractivity contribution < 1.29 is 26.8 Å². The van der Waals surface area contributed by atoms with E-state index in [0.29, 0.717) is 16.6 Å². The molecule has 0 radical (unpaired) electrons. The Morgan fingerprint density at radius 1 is 1.05 bits per heavy atom. The molecule has 2 aromatic heterocycles. The summed E-state index contributed by atoms with van der Waals surface area (Å²) in [5, 5.41) is 0.381. The summed E-state index contributed by atoms with van der Waals surface area (Å²) in [7, 11) is -3.85. The predicted molar refractivity (Wildman–Crippen MR) is 152 cm³/mol. The number of carbonyl (C=O) groups is 2. The minimum absolute atomic E-state index is 0.0137. The molecule has 4 aromatic rings. The largest absolute Gasteiger partial charge is 0.371 e. The number of sulfonamides is 1. The molecular weight excluding hydrogens is 550 g/mol. The third kappa shape index (κ3) is 5.58. The quantitative estimate of drug-likeness (QED) is 0.206. The van der Waals surface area contributed by atoms with Gasteiger partial charge in [0.2, 0.25) is 15.8 Å². The predicted octanol–water partition coefficient (Wildman–Crippen LogP) is 5.31. The fraction of sp³-hybridized carbons (Fsp3) is 0.300. The summed E-state index contributed by atoms with van der Waals surface area (Å²) in [5.74, 6) is -3.29. The number of nitrogens with one attached hydrogen (secondary N) is 2. The van der Waals surface area contributed by atoms with E-state index in [1.165, 1.54) is 6.20 Å². The van der Waals surface area contributed by atoms with Crippen LogP contribution in [-0.2, 0) is 14.8 Å². The number of rotatable bonds is 9. The van der Waals surface area contributed by atoms with Gasteiger partial charge < -0.3 is 14.7 Å². The lowest BCUT2D eigenvalue weighted by Gasteiger charge is -2.31. The van der Waals surface area contributed by atoms with Crippen LogP contribution in [0.25, 0.3) is 22.2 Å². The molecule has 41 heavy (non-hydrogen) atoms. The van der Waals surface area contributed by atoms with Gasteiger partial charge in [-0.15, -0.1) is 0 Å². The number of aromatic nitrogens is 2. The van der Waals surface area contributed by atoms with Gasteiger partial charge in [0.25, 0.3) is 0 Å². The van der Waals surface area contributed by atoms with E-state index in [4.69, 9.17) is 0 Å². The van der Waals surface area contributed by atoms with E-state index in [0.717, 1.165) is 68.4 Å². The number of H-pyrrole nitrogens is 1. The molecule has 0 unspecified atom stereocenters. The topological polar surface area (TPSA) is 112 Å². The molecule has 0 atom stereocenters. The highest BCUT2D eigenvalue weighted by molar-refractivity contribution is 7.92. The Morgan fingerprint density at radius 2 is 1.78 bits per heavy atom. The summed E-state index contributed by atoms with van der Waals surface area (Å²) in [4.78, 5) is 34.0. The van der Waals surface area contributed by atoms with Crippen molar-refractivity contribution in [3.8, 4) is 11.1 Å². The number of anilines is 2. The van der Waals surface area contributed by atoms with Crippen molar-refractivity contribution in [1.29, 1.82) is 0 Å². The zero-order valence-electron chi connectivity index (χ0n) is 22.1.